The van der Waals surface area contributed by atoms with Gasteiger partial charge in [-0.05, 0) is 13.3 Å². The van der Waals surface area contributed by atoms with Crippen LogP contribution in [0.3, 0.4) is 0 Å². The molecular formula is C7H14ClNO2. The predicted octanol–water partition coefficient (Wildman–Crippen LogP) is 2.00. The molecule has 0 aromatic heterocycles. The normalized spacial score (nSPS) is 11.4. The van der Waals surface area contributed by atoms with Crippen LogP contribution in [0.25, 0.3) is 0 Å². The van der Waals surface area contributed by atoms with Crippen molar-refractivity contribution in [2.45, 2.75) is 20.3 Å². The monoisotopic (exact) mass is 179 g/mol. The van der Waals surface area contributed by atoms with Gasteiger partial charge in [0, 0.05) is 12.8 Å². The average molecular weight is 180 g/mol. The highest BCUT2D eigenvalue weighted by Gasteiger charge is 1.88. The Morgan fingerprint density at radius 2 is 2.27 bits per heavy atom. The van der Waals surface area contributed by atoms with Gasteiger partial charge >= 0.3 is 0 Å². The van der Waals surface area contributed by atoms with Crippen molar-refractivity contribution in [3.63, 3.8) is 0 Å². The van der Waals surface area contributed by atoms with Crippen molar-refractivity contribution in [3.05, 3.63) is 0 Å². The maximum atomic E-state index is 5.42. The molecule has 4 heteroatoms. The summed E-state index contributed by atoms with van der Waals surface area (Å²) < 4.78 is 5.01. The van der Waals surface area contributed by atoms with Crippen molar-refractivity contribution in [1.29, 1.82) is 0 Å². The zero-order chi connectivity index (χ0) is 8.53. The Bertz CT molecular complexity index is 117. The van der Waals surface area contributed by atoms with E-state index in [0.717, 1.165) is 6.42 Å². The highest BCUT2D eigenvalue weighted by Crippen LogP contribution is 1.88. The number of hydrogen-bond donors (Lipinski definition) is 0. The summed E-state index contributed by atoms with van der Waals surface area (Å²) in [4.78, 5) is 4.87. The first-order valence-electron chi connectivity index (χ1n) is 3.66. The maximum absolute atomic E-state index is 5.42. The highest BCUT2D eigenvalue weighted by atomic mass is 35.5. The van der Waals surface area contributed by atoms with E-state index in [9.17, 15) is 0 Å². The molecule has 0 atom stereocenters. The second-order valence-electron chi connectivity index (χ2n) is 1.92. The minimum atomic E-state index is 0.550. The summed E-state index contributed by atoms with van der Waals surface area (Å²) in [5, 5.41) is 3.69. The smallest absolute Gasteiger partial charge is 0.222 e. The lowest BCUT2D eigenvalue weighted by atomic mass is 10.5. The van der Waals surface area contributed by atoms with E-state index in [4.69, 9.17) is 21.2 Å². The van der Waals surface area contributed by atoms with Crippen LogP contribution < -0.4 is 0 Å². The fourth-order valence-corrected chi connectivity index (χ4v) is 0.600. The third kappa shape index (κ3) is 7.46. The number of oxime groups is 1. The molecule has 0 aliphatic carbocycles. The van der Waals surface area contributed by atoms with E-state index in [0.29, 0.717) is 25.0 Å². The molecule has 0 unspecified atom stereocenters. The van der Waals surface area contributed by atoms with Gasteiger partial charge in [0.05, 0.1) is 6.61 Å². The Morgan fingerprint density at radius 1 is 1.55 bits per heavy atom. The van der Waals surface area contributed by atoms with Crippen molar-refractivity contribution in [2.24, 2.45) is 5.16 Å². The van der Waals surface area contributed by atoms with E-state index in [1.165, 1.54) is 0 Å². The predicted molar refractivity (Wildman–Crippen MR) is 46.0 cm³/mol. The van der Waals surface area contributed by atoms with Gasteiger partial charge in [0.1, 0.15) is 6.61 Å². The maximum Gasteiger partial charge on any atom is 0.222 e. The summed E-state index contributed by atoms with van der Waals surface area (Å²) in [5.41, 5.74) is 0. The molecule has 0 spiro atoms. The van der Waals surface area contributed by atoms with Gasteiger partial charge in [-0.1, -0.05) is 5.16 Å². The van der Waals surface area contributed by atoms with Gasteiger partial charge < -0.3 is 9.57 Å². The van der Waals surface area contributed by atoms with Crippen LogP contribution >= 0.6 is 11.6 Å². The molecule has 11 heavy (non-hydrogen) atoms. The molecule has 66 valence electrons. The summed E-state index contributed by atoms with van der Waals surface area (Å²) >= 11 is 5.42. The van der Waals surface area contributed by atoms with Crippen LogP contribution in [0.2, 0.25) is 0 Å². The molecule has 0 aromatic carbocycles. The number of ether oxygens (including phenoxy) is 1. The summed E-state index contributed by atoms with van der Waals surface area (Å²) in [6, 6.07) is 0. The van der Waals surface area contributed by atoms with Crippen molar-refractivity contribution >= 4 is 17.5 Å². The Labute approximate surface area is 72.3 Å². The lowest BCUT2D eigenvalue weighted by molar-refractivity contribution is 0.133. The second kappa shape index (κ2) is 7.66. The molecule has 0 saturated heterocycles. The fraction of sp³-hybridized carbons (Fsp3) is 0.857. The van der Waals surface area contributed by atoms with Crippen LogP contribution in [-0.4, -0.2) is 25.0 Å². The van der Waals surface area contributed by atoms with Crippen LogP contribution in [0.5, 0.6) is 0 Å². The molecule has 0 heterocycles. The molecule has 0 aliphatic rings. The highest BCUT2D eigenvalue weighted by molar-refractivity contribution is 6.17. The molecular weight excluding hydrogens is 166 g/mol. The first kappa shape index (κ1) is 10.6. The molecule has 0 amide bonds. The van der Waals surface area contributed by atoms with Gasteiger partial charge in [0.15, 0.2) is 0 Å². The van der Waals surface area contributed by atoms with E-state index in [1.807, 2.05) is 6.92 Å². The summed E-state index contributed by atoms with van der Waals surface area (Å²) in [5.74, 6) is 1.16. The molecule has 0 N–H and O–H groups in total. The number of nitrogens with zero attached hydrogens (tertiary/aromatic N) is 1. The molecule has 0 saturated carbocycles. The van der Waals surface area contributed by atoms with Crippen molar-refractivity contribution in [1.82, 2.24) is 0 Å². The number of halogens is 1. The van der Waals surface area contributed by atoms with Crippen LogP contribution in [0.1, 0.15) is 20.3 Å². The lowest BCUT2D eigenvalue weighted by Gasteiger charge is -2.00. The first-order chi connectivity index (χ1) is 5.31. The number of rotatable bonds is 5. The second-order valence-corrected chi connectivity index (χ2v) is 2.30. The van der Waals surface area contributed by atoms with E-state index < -0.39 is 0 Å². The van der Waals surface area contributed by atoms with E-state index in [1.54, 1.807) is 6.92 Å². The van der Waals surface area contributed by atoms with Crippen LogP contribution in [0.4, 0.5) is 0 Å². The minimum Gasteiger partial charge on any atom is -0.479 e. The number of hydrogen-bond acceptors (Lipinski definition) is 3. The SMILES string of the molecule is CCO/C(C)=N/OCCCCl. The average Bonchev–Trinajstić information content (AvgIpc) is 1.99. The van der Waals surface area contributed by atoms with Gasteiger partial charge in [-0.2, -0.15) is 0 Å². The summed E-state index contributed by atoms with van der Waals surface area (Å²) in [6.07, 6.45) is 0.810. The first-order valence-corrected chi connectivity index (χ1v) is 4.20. The van der Waals surface area contributed by atoms with E-state index >= 15 is 0 Å². The third-order valence-electron chi connectivity index (χ3n) is 0.916. The van der Waals surface area contributed by atoms with E-state index in [-0.39, 0.29) is 0 Å². The third-order valence-corrected chi connectivity index (χ3v) is 1.18. The number of alkyl halides is 1. The minimum absolute atomic E-state index is 0.550. The van der Waals surface area contributed by atoms with Crippen molar-refractivity contribution in [3.8, 4) is 0 Å². The largest absolute Gasteiger partial charge is 0.479 e. The molecule has 0 aliphatic heterocycles. The van der Waals surface area contributed by atoms with Gasteiger partial charge in [-0.25, -0.2) is 0 Å². The molecule has 0 radical (unpaired) electrons. The topological polar surface area (TPSA) is 30.8 Å². The quantitative estimate of drug-likeness (QED) is 0.213. The van der Waals surface area contributed by atoms with Crippen LogP contribution in [0, 0.1) is 0 Å². The Morgan fingerprint density at radius 3 is 2.82 bits per heavy atom. The molecule has 0 fully saturated rings. The lowest BCUT2D eigenvalue weighted by Crippen LogP contribution is -2.00. The Hall–Kier alpha value is -0.440. The van der Waals surface area contributed by atoms with Gasteiger partial charge in [-0.15, -0.1) is 11.6 Å². The fourth-order valence-electron chi connectivity index (χ4n) is 0.491. The van der Waals surface area contributed by atoms with E-state index in [2.05, 4.69) is 5.16 Å². The summed E-state index contributed by atoms with van der Waals surface area (Å²) in [6.45, 7) is 4.82. The Kier molecular flexibility index (Phi) is 7.36. The molecule has 3 nitrogen and oxygen atoms in total. The zero-order valence-electron chi connectivity index (χ0n) is 6.97. The summed E-state index contributed by atoms with van der Waals surface area (Å²) in [7, 11) is 0. The van der Waals surface area contributed by atoms with Crippen molar-refractivity contribution < 1.29 is 9.57 Å². The molecule has 0 aromatic rings. The standard InChI is InChI=1S/C7H14ClNO2/c1-3-10-7(2)9-11-6-4-5-8/h3-6H2,1-2H3/b9-7+. The van der Waals surface area contributed by atoms with Gasteiger partial charge in [0.25, 0.3) is 0 Å². The van der Waals surface area contributed by atoms with Gasteiger partial charge in [0.2, 0.25) is 5.90 Å². The van der Waals surface area contributed by atoms with Crippen LogP contribution in [-0.2, 0) is 9.57 Å². The molecule has 0 rings (SSSR count). The zero-order valence-corrected chi connectivity index (χ0v) is 7.73. The van der Waals surface area contributed by atoms with Gasteiger partial charge in [-0.3, -0.25) is 0 Å². The Balaban J connectivity index is 3.24. The van der Waals surface area contributed by atoms with Crippen LogP contribution in [0.15, 0.2) is 5.16 Å². The van der Waals surface area contributed by atoms with Crippen molar-refractivity contribution in [2.75, 3.05) is 19.1 Å². The molecule has 0 bridgehead atoms.